The second-order valence-electron chi connectivity index (χ2n) is 1.62. The zero-order valence-electron chi connectivity index (χ0n) is 5.49. The van der Waals surface area contributed by atoms with E-state index in [1.54, 1.807) is 11.9 Å². The van der Waals surface area contributed by atoms with Gasteiger partial charge in [-0.15, -0.1) is 0 Å². The second-order valence-corrected chi connectivity index (χ2v) is 1.62. The summed E-state index contributed by atoms with van der Waals surface area (Å²) in [5.41, 5.74) is 0. The molecule has 1 fully saturated rings. The van der Waals surface area contributed by atoms with Crippen LogP contribution in [-0.4, -0.2) is 37.3 Å². The van der Waals surface area contributed by atoms with E-state index in [1.807, 2.05) is 0 Å². The Morgan fingerprint density at radius 3 is 2.20 bits per heavy atom. The molecule has 0 aromatic rings. The van der Waals surface area contributed by atoms with Gasteiger partial charge in [-0.3, -0.25) is 0 Å². The molecule has 1 rings (SSSR count). The normalized spacial score (nSPS) is 14.9. The van der Waals surface area contributed by atoms with Crippen molar-refractivity contribution in [2.24, 2.45) is 0 Å². The Kier molecular flexibility index (Phi) is 3.91. The third-order valence-electron chi connectivity index (χ3n) is 0.964. The summed E-state index contributed by atoms with van der Waals surface area (Å²) in [7, 11) is 1.72. The highest BCUT2D eigenvalue weighted by molar-refractivity contribution is 5.68. The molecule has 0 saturated carbocycles. The van der Waals surface area contributed by atoms with Crippen LogP contribution in [0.25, 0.3) is 0 Å². The Morgan fingerprint density at radius 1 is 1.60 bits per heavy atom. The Hall–Kier alpha value is -1.35. The van der Waals surface area contributed by atoms with Gasteiger partial charge in [0.05, 0.1) is 6.54 Å². The maximum Gasteiger partial charge on any atom is 0.409 e. The van der Waals surface area contributed by atoms with Crippen LogP contribution in [0.5, 0.6) is 0 Å². The maximum absolute atomic E-state index is 10.3. The Labute approximate surface area is 57.6 Å². The first-order valence-electron chi connectivity index (χ1n) is 2.59. The summed E-state index contributed by atoms with van der Waals surface area (Å²) in [6.45, 7) is 1.29. The molecule has 0 spiro atoms. The molecule has 5 nitrogen and oxygen atoms in total. The number of rotatable bonds is 0. The lowest BCUT2D eigenvalue weighted by molar-refractivity contribution is -0.191. The van der Waals surface area contributed by atoms with Gasteiger partial charge in [-0.2, -0.15) is 9.59 Å². The van der Waals surface area contributed by atoms with Crippen molar-refractivity contribution in [2.75, 3.05) is 20.2 Å². The van der Waals surface area contributed by atoms with Crippen molar-refractivity contribution in [3.05, 3.63) is 0 Å². The molecule has 1 aliphatic heterocycles. The standard InChI is InChI=1S/C4H7NO2.CO2/c1-5-2-3-7-4(5)6;2-1-3/h2-3H2,1H3;. The minimum atomic E-state index is -0.208. The van der Waals surface area contributed by atoms with E-state index < -0.39 is 0 Å². The maximum atomic E-state index is 10.3. The Balaban J connectivity index is 0.000000236. The number of carbonyl (C=O) groups is 1. The monoisotopic (exact) mass is 145 g/mol. The lowest BCUT2D eigenvalue weighted by Crippen LogP contribution is -2.17. The second kappa shape index (κ2) is 4.52. The van der Waals surface area contributed by atoms with Crippen LogP contribution in [-0.2, 0) is 14.3 Å². The first-order chi connectivity index (χ1) is 4.72. The molecular weight excluding hydrogens is 138 g/mol. The van der Waals surface area contributed by atoms with E-state index in [0.29, 0.717) is 6.61 Å². The Morgan fingerprint density at radius 2 is 2.10 bits per heavy atom. The average Bonchev–Trinajstić information content (AvgIpc) is 2.19. The van der Waals surface area contributed by atoms with Gasteiger partial charge >= 0.3 is 12.2 Å². The van der Waals surface area contributed by atoms with Gasteiger partial charge in [0.25, 0.3) is 0 Å². The van der Waals surface area contributed by atoms with Gasteiger partial charge in [-0.05, 0) is 0 Å². The zero-order valence-corrected chi connectivity index (χ0v) is 5.49. The van der Waals surface area contributed by atoms with Crippen molar-refractivity contribution in [1.29, 1.82) is 0 Å². The fourth-order valence-electron chi connectivity index (χ4n) is 0.471. The summed E-state index contributed by atoms with van der Waals surface area (Å²) in [4.78, 5) is 28.1. The third kappa shape index (κ3) is 2.84. The fourth-order valence-corrected chi connectivity index (χ4v) is 0.471. The van der Waals surface area contributed by atoms with Crippen LogP contribution < -0.4 is 0 Å². The van der Waals surface area contributed by atoms with Crippen molar-refractivity contribution in [3.63, 3.8) is 0 Å². The number of cyclic esters (lactones) is 1. The summed E-state index contributed by atoms with van der Waals surface area (Å²) >= 11 is 0. The summed E-state index contributed by atoms with van der Waals surface area (Å²) < 4.78 is 4.55. The average molecular weight is 145 g/mol. The van der Waals surface area contributed by atoms with Gasteiger partial charge in [0.15, 0.2) is 0 Å². The molecule has 1 amide bonds. The van der Waals surface area contributed by atoms with Crippen molar-refractivity contribution in [3.8, 4) is 0 Å². The fraction of sp³-hybridized carbons (Fsp3) is 0.600. The van der Waals surface area contributed by atoms with Crippen LogP contribution in [0.4, 0.5) is 4.79 Å². The number of nitrogens with zero attached hydrogens (tertiary/aromatic N) is 1. The van der Waals surface area contributed by atoms with Crippen LogP contribution in [0, 0.1) is 0 Å². The third-order valence-corrected chi connectivity index (χ3v) is 0.964. The van der Waals surface area contributed by atoms with Gasteiger partial charge in [-0.25, -0.2) is 4.79 Å². The first-order valence-corrected chi connectivity index (χ1v) is 2.59. The molecule has 5 heteroatoms. The smallest absolute Gasteiger partial charge is 0.409 e. The van der Waals surface area contributed by atoms with Gasteiger partial charge < -0.3 is 9.64 Å². The highest BCUT2D eigenvalue weighted by Gasteiger charge is 2.15. The molecule has 10 heavy (non-hydrogen) atoms. The number of carbonyl (C=O) groups excluding carboxylic acids is 3. The Bertz CT molecular complexity index is 150. The number of hydrogen-bond donors (Lipinski definition) is 0. The van der Waals surface area contributed by atoms with E-state index in [0.717, 1.165) is 6.54 Å². The highest BCUT2D eigenvalue weighted by atomic mass is 16.6. The highest BCUT2D eigenvalue weighted by Crippen LogP contribution is 1.96. The summed E-state index contributed by atoms with van der Waals surface area (Å²) in [5, 5.41) is 0. The van der Waals surface area contributed by atoms with Gasteiger partial charge in [-0.1, -0.05) is 0 Å². The minimum Gasteiger partial charge on any atom is -0.448 e. The minimum absolute atomic E-state index is 0.208. The summed E-state index contributed by atoms with van der Waals surface area (Å²) in [6.07, 6.45) is 0.0417. The zero-order chi connectivity index (χ0) is 7.98. The van der Waals surface area contributed by atoms with Crippen molar-refractivity contribution in [1.82, 2.24) is 4.90 Å². The quantitative estimate of drug-likeness (QED) is 0.460. The number of likely N-dealkylation sites (N-methyl/N-ethyl adjacent to an activating group) is 1. The molecule has 1 heterocycles. The molecule has 0 atom stereocenters. The molecule has 0 unspecified atom stereocenters. The van der Waals surface area contributed by atoms with Crippen molar-refractivity contribution >= 4 is 12.2 Å². The van der Waals surface area contributed by atoms with Crippen LogP contribution in [0.15, 0.2) is 0 Å². The van der Waals surface area contributed by atoms with E-state index >= 15 is 0 Å². The summed E-state index contributed by atoms with van der Waals surface area (Å²) in [5.74, 6) is 0. The molecule has 0 N–H and O–H groups in total. The number of hydrogen-bond acceptors (Lipinski definition) is 4. The molecule has 0 bridgehead atoms. The largest absolute Gasteiger partial charge is 0.448 e. The van der Waals surface area contributed by atoms with E-state index in [1.165, 1.54) is 0 Å². The van der Waals surface area contributed by atoms with Crippen LogP contribution >= 0.6 is 0 Å². The predicted octanol–water partition coefficient (Wildman–Crippen LogP) is -0.515. The van der Waals surface area contributed by atoms with Gasteiger partial charge in [0.1, 0.15) is 6.61 Å². The van der Waals surface area contributed by atoms with Gasteiger partial charge in [0.2, 0.25) is 0 Å². The molecule has 0 aliphatic carbocycles. The van der Waals surface area contributed by atoms with E-state index in [4.69, 9.17) is 9.59 Å². The molecule has 1 aliphatic rings. The topological polar surface area (TPSA) is 63.7 Å². The molecule has 0 radical (unpaired) electrons. The van der Waals surface area contributed by atoms with E-state index in [2.05, 4.69) is 4.74 Å². The lowest BCUT2D eigenvalue weighted by Gasteiger charge is -1.98. The molecule has 56 valence electrons. The van der Waals surface area contributed by atoms with E-state index in [-0.39, 0.29) is 12.2 Å². The van der Waals surface area contributed by atoms with Crippen LogP contribution in [0.3, 0.4) is 0 Å². The van der Waals surface area contributed by atoms with Crippen LogP contribution in [0.1, 0.15) is 0 Å². The number of ether oxygens (including phenoxy) is 1. The van der Waals surface area contributed by atoms with Gasteiger partial charge in [0, 0.05) is 7.05 Å². The first kappa shape index (κ1) is 8.65. The number of amides is 1. The lowest BCUT2D eigenvalue weighted by atomic mass is 10.7. The van der Waals surface area contributed by atoms with E-state index in [9.17, 15) is 4.79 Å². The van der Waals surface area contributed by atoms with Crippen LogP contribution in [0.2, 0.25) is 0 Å². The molecule has 1 saturated heterocycles. The predicted molar refractivity (Wildman–Crippen MR) is 29.0 cm³/mol. The molecule has 0 aromatic heterocycles. The van der Waals surface area contributed by atoms with Crippen molar-refractivity contribution < 1.29 is 19.1 Å². The molecule has 0 aromatic carbocycles. The van der Waals surface area contributed by atoms with Crippen molar-refractivity contribution in [2.45, 2.75) is 0 Å². The SMILES string of the molecule is CN1CCOC1=O.O=C=O. The summed E-state index contributed by atoms with van der Waals surface area (Å²) in [6, 6.07) is 0. The molecular formula is C5H7NO4.